The summed E-state index contributed by atoms with van der Waals surface area (Å²) in [7, 11) is 0. The molecule has 0 bridgehead atoms. The summed E-state index contributed by atoms with van der Waals surface area (Å²) in [5, 5.41) is 15.6. The Balaban J connectivity index is 2.45. The number of hydrogen-bond acceptors (Lipinski definition) is 7. The highest BCUT2D eigenvalue weighted by atomic mass is 17.7. The van der Waals surface area contributed by atoms with E-state index in [0.717, 1.165) is 32.1 Å². The molecule has 8 nitrogen and oxygen atoms in total. The van der Waals surface area contributed by atoms with E-state index in [-0.39, 0.29) is 5.92 Å². The predicted octanol–water partition coefficient (Wildman–Crippen LogP) is 3.36. The van der Waals surface area contributed by atoms with Gasteiger partial charge in [0.2, 0.25) is 0 Å². The first-order valence-electron chi connectivity index (χ1n) is 6.67. The Labute approximate surface area is 116 Å². The van der Waals surface area contributed by atoms with E-state index in [9.17, 15) is 9.59 Å². The van der Waals surface area contributed by atoms with E-state index >= 15 is 0 Å². The second-order valence-corrected chi connectivity index (χ2v) is 4.69. The lowest BCUT2D eigenvalue weighted by Crippen LogP contribution is -2.44. The Morgan fingerprint density at radius 2 is 1.90 bits per heavy atom. The molecule has 0 aromatic rings. The van der Waals surface area contributed by atoms with Crippen LogP contribution in [0.5, 0.6) is 0 Å². The van der Waals surface area contributed by atoms with Crippen molar-refractivity contribution in [2.45, 2.75) is 58.0 Å². The van der Waals surface area contributed by atoms with Gasteiger partial charge in [-0.15, -0.1) is 0 Å². The number of carboxylic acid groups (broad SMARTS) is 1. The SMILES string of the molecule is CCC1CCCCC1(CC)OC(=O)OOOOC(=O)O. The largest absolute Gasteiger partial charge is 0.543 e. The second-order valence-electron chi connectivity index (χ2n) is 4.69. The zero-order chi connectivity index (χ0) is 15.0. The Kier molecular flexibility index (Phi) is 6.53. The third-order valence-electron chi connectivity index (χ3n) is 3.76. The maximum atomic E-state index is 11.5. The molecule has 0 radical (unpaired) electrons. The lowest BCUT2D eigenvalue weighted by Gasteiger charge is -2.41. The molecule has 2 atom stereocenters. The van der Waals surface area contributed by atoms with Gasteiger partial charge in [-0.25, -0.2) is 19.4 Å². The van der Waals surface area contributed by atoms with E-state index in [2.05, 4.69) is 26.8 Å². The van der Waals surface area contributed by atoms with Gasteiger partial charge < -0.3 is 9.84 Å². The van der Waals surface area contributed by atoms with Crippen LogP contribution in [-0.2, 0) is 24.6 Å². The fourth-order valence-corrected chi connectivity index (χ4v) is 2.80. The van der Waals surface area contributed by atoms with Gasteiger partial charge in [-0.05, 0) is 38.0 Å². The normalized spacial score (nSPS) is 25.8. The second kappa shape index (κ2) is 7.91. The van der Waals surface area contributed by atoms with Crippen LogP contribution in [0.3, 0.4) is 0 Å². The molecule has 8 heteroatoms. The van der Waals surface area contributed by atoms with Crippen molar-refractivity contribution in [3.8, 4) is 0 Å². The molecule has 0 saturated heterocycles. The smallest absolute Gasteiger partial charge is 0.448 e. The summed E-state index contributed by atoms with van der Waals surface area (Å²) in [5.41, 5.74) is -0.568. The summed E-state index contributed by atoms with van der Waals surface area (Å²) in [4.78, 5) is 29.2. The molecule has 0 aromatic heterocycles. The quantitative estimate of drug-likeness (QED) is 0.344. The molecule has 1 N–H and O–H groups in total. The van der Waals surface area contributed by atoms with Crippen molar-refractivity contribution in [1.82, 2.24) is 0 Å². The average Bonchev–Trinajstić information content (AvgIpc) is 2.43. The molecule has 0 aromatic carbocycles. The van der Waals surface area contributed by atoms with Gasteiger partial charge in [0, 0.05) is 10.1 Å². The van der Waals surface area contributed by atoms with Gasteiger partial charge in [-0.3, -0.25) is 0 Å². The van der Waals surface area contributed by atoms with Crippen LogP contribution in [0, 0.1) is 5.92 Å². The molecule has 0 amide bonds. The number of hydrogen-bond donors (Lipinski definition) is 1. The molecule has 0 spiro atoms. The van der Waals surface area contributed by atoms with Crippen LogP contribution in [-0.4, -0.2) is 23.0 Å². The lowest BCUT2D eigenvalue weighted by atomic mass is 9.72. The van der Waals surface area contributed by atoms with Gasteiger partial charge in [0.15, 0.2) is 0 Å². The first kappa shape index (κ1) is 16.5. The van der Waals surface area contributed by atoms with Crippen LogP contribution >= 0.6 is 0 Å². The number of carbonyl (C=O) groups excluding carboxylic acids is 1. The topological polar surface area (TPSA) is 101 Å². The van der Waals surface area contributed by atoms with Crippen LogP contribution < -0.4 is 0 Å². The van der Waals surface area contributed by atoms with E-state index in [1.54, 1.807) is 0 Å². The Morgan fingerprint density at radius 3 is 2.50 bits per heavy atom. The van der Waals surface area contributed by atoms with Gasteiger partial charge in [0.25, 0.3) is 0 Å². The highest BCUT2D eigenvalue weighted by molar-refractivity contribution is 5.59. The summed E-state index contributed by atoms with van der Waals surface area (Å²) in [6.07, 6.45) is 2.63. The van der Waals surface area contributed by atoms with Crippen molar-refractivity contribution in [2.75, 3.05) is 0 Å². The van der Waals surface area contributed by atoms with Crippen LogP contribution in [0.4, 0.5) is 9.59 Å². The molecule has 20 heavy (non-hydrogen) atoms. The van der Waals surface area contributed by atoms with E-state index < -0.39 is 17.9 Å². The molecule has 2 unspecified atom stereocenters. The van der Waals surface area contributed by atoms with Crippen molar-refractivity contribution in [3.63, 3.8) is 0 Å². The Morgan fingerprint density at radius 1 is 1.20 bits per heavy atom. The van der Waals surface area contributed by atoms with Crippen molar-refractivity contribution < 1.29 is 39.3 Å². The molecule has 0 heterocycles. The van der Waals surface area contributed by atoms with Crippen molar-refractivity contribution in [2.24, 2.45) is 5.92 Å². The molecule has 1 saturated carbocycles. The Hall–Kier alpha value is -1.54. The van der Waals surface area contributed by atoms with Crippen LogP contribution in [0.2, 0.25) is 0 Å². The monoisotopic (exact) mass is 292 g/mol. The average molecular weight is 292 g/mol. The zero-order valence-corrected chi connectivity index (χ0v) is 11.6. The molecular formula is C12H20O8. The third-order valence-corrected chi connectivity index (χ3v) is 3.76. The van der Waals surface area contributed by atoms with Crippen molar-refractivity contribution in [3.05, 3.63) is 0 Å². The first-order chi connectivity index (χ1) is 9.54. The summed E-state index contributed by atoms with van der Waals surface area (Å²) in [5.74, 6) is 0.269. The highest BCUT2D eigenvalue weighted by Crippen LogP contribution is 2.41. The third kappa shape index (κ3) is 4.53. The maximum absolute atomic E-state index is 11.5. The molecule has 116 valence electrons. The van der Waals surface area contributed by atoms with Gasteiger partial charge >= 0.3 is 12.3 Å². The number of carbonyl (C=O) groups is 2. The van der Waals surface area contributed by atoms with Gasteiger partial charge in [-0.1, -0.05) is 20.3 Å². The minimum Gasteiger partial charge on any atom is -0.448 e. The minimum absolute atomic E-state index is 0.269. The summed E-state index contributed by atoms with van der Waals surface area (Å²) < 4.78 is 5.37. The lowest BCUT2D eigenvalue weighted by molar-refractivity contribution is -0.601. The first-order valence-corrected chi connectivity index (χ1v) is 6.67. The van der Waals surface area contributed by atoms with E-state index in [4.69, 9.17) is 9.84 Å². The summed E-state index contributed by atoms with van der Waals surface area (Å²) in [6.45, 7) is 4.00. The van der Waals surface area contributed by atoms with Crippen molar-refractivity contribution in [1.29, 1.82) is 0 Å². The molecule has 0 aliphatic heterocycles. The van der Waals surface area contributed by atoms with Crippen molar-refractivity contribution >= 4 is 12.3 Å². The maximum Gasteiger partial charge on any atom is 0.543 e. The van der Waals surface area contributed by atoms with Crippen LogP contribution in [0.1, 0.15) is 52.4 Å². The molecule has 1 rings (SSSR count). The summed E-state index contributed by atoms with van der Waals surface area (Å²) >= 11 is 0. The highest BCUT2D eigenvalue weighted by Gasteiger charge is 2.42. The van der Waals surface area contributed by atoms with E-state index in [0.29, 0.717) is 6.42 Å². The standard InChI is InChI=1S/C12H20O8/c1-3-9-7-5-6-8-12(9,4-2)16-11(15)18-20-19-17-10(13)14/h9H,3-8H2,1-2H3,(H,13,14). The van der Waals surface area contributed by atoms with Gasteiger partial charge in [0.1, 0.15) is 5.60 Å². The summed E-state index contributed by atoms with van der Waals surface area (Å²) in [6, 6.07) is 0. The predicted molar refractivity (Wildman–Crippen MR) is 64.1 cm³/mol. The van der Waals surface area contributed by atoms with Gasteiger partial charge in [-0.2, -0.15) is 0 Å². The van der Waals surface area contributed by atoms with Gasteiger partial charge in [0.05, 0.1) is 0 Å². The Bertz CT molecular complexity index is 331. The van der Waals surface area contributed by atoms with Crippen LogP contribution in [0.25, 0.3) is 0 Å². The fraction of sp³-hybridized carbons (Fsp3) is 0.833. The van der Waals surface area contributed by atoms with E-state index in [1.807, 2.05) is 6.92 Å². The number of rotatable bonds is 6. The molecule has 1 fully saturated rings. The molecule has 1 aliphatic rings. The van der Waals surface area contributed by atoms with E-state index in [1.165, 1.54) is 0 Å². The minimum atomic E-state index is -1.73. The number of ether oxygens (including phenoxy) is 1. The molecule has 1 aliphatic carbocycles. The molecular weight excluding hydrogens is 272 g/mol. The fourth-order valence-electron chi connectivity index (χ4n) is 2.80. The zero-order valence-electron chi connectivity index (χ0n) is 11.6. The van der Waals surface area contributed by atoms with Crippen LogP contribution in [0.15, 0.2) is 0 Å².